The van der Waals surface area contributed by atoms with E-state index in [2.05, 4.69) is 42.3 Å². The minimum Gasteiger partial charge on any atom is -0.322 e. The van der Waals surface area contributed by atoms with Crippen molar-refractivity contribution in [3.63, 3.8) is 0 Å². The van der Waals surface area contributed by atoms with Gasteiger partial charge in [-0.1, -0.05) is 29.5 Å². The van der Waals surface area contributed by atoms with Crippen molar-refractivity contribution in [1.29, 1.82) is 0 Å². The molecular weight excluding hydrogens is 394 g/mol. The zero-order valence-electron chi connectivity index (χ0n) is 17.0. The number of amides is 1. The maximum absolute atomic E-state index is 12.6. The zero-order valence-corrected chi connectivity index (χ0v) is 17.8. The summed E-state index contributed by atoms with van der Waals surface area (Å²) in [5.41, 5.74) is 4.23. The average Bonchev–Trinajstić information content (AvgIpc) is 2.71. The number of anilines is 1. The van der Waals surface area contributed by atoms with Gasteiger partial charge in [-0.25, -0.2) is 4.98 Å². The summed E-state index contributed by atoms with van der Waals surface area (Å²) in [5.74, 6) is -0.475. The van der Waals surface area contributed by atoms with Gasteiger partial charge in [-0.2, -0.15) is 0 Å². The van der Waals surface area contributed by atoms with Gasteiger partial charge in [0.25, 0.3) is 11.5 Å². The standard InChI is InChI=1S/C24H21N3O2S/c1-15-4-9-21(17(3)12-15)30-19-7-5-18(6-8-19)26-23(28)20-14-25-22-13-16(2)10-11-27(22)24(20)29/h4-14H,1-3H3,(H,26,28). The molecule has 0 aliphatic carbocycles. The lowest BCUT2D eigenvalue weighted by atomic mass is 10.2. The van der Waals surface area contributed by atoms with E-state index in [-0.39, 0.29) is 11.1 Å². The van der Waals surface area contributed by atoms with Gasteiger partial charge in [0, 0.05) is 27.9 Å². The van der Waals surface area contributed by atoms with Crippen molar-refractivity contribution in [3.8, 4) is 0 Å². The van der Waals surface area contributed by atoms with Crippen molar-refractivity contribution in [2.75, 3.05) is 5.32 Å². The predicted molar refractivity (Wildman–Crippen MR) is 121 cm³/mol. The van der Waals surface area contributed by atoms with Crippen LogP contribution in [-0.4, -0.2) is 15.3 Å². The van der Waals surface area contributed by atoms with E-state index < -0.39 is 5.91 Å². The lowest BCUT2D eigenvalue weighted by Crippen LogP contribution is -2.26. The van der Waals surface area contributed by atoms with Gasteiger partial charge in [-0.3, -0.25) is 14.0 Å². The zero-order chi connectivity index (χ0) is 21.3. The molecule has 0 unspecified atom stereocenters. The van der Waals surface area contributed by atoms with E-state index in [1.807, 2.05) is 37.3 Å². The molecule has 2 aromatic heterocycles. The fraction of sp³-hybridized carbons (Fsp3) is 0.125. The Morgan fingerprint density at radius 3 is 2.43 bits per heavy atom. The van der Waals surface area contributed by atoms with Crippen molar-refractivity contribution in [1.82, 2.24) is 9.38 Å². The number of hydrogen-bond acceptors (Lipinski definition) is 4. The van der Waals surface area contributed by atoms with Crippen molar-refractivity contribution >= 4 is 29.0 Å². The third-order valence-electron chi connectivity index (χ3n) is 4.78. The van der Waals surface area contributed by atoms with Gasteiger partial charge in [0.1, 0.15) is 11.2 Å². The fourth-order valence-electron chi connectivity index (χ4n) is 3.18. The number of hydrogen-bond donors (Lipinski definition) is 1. The number of rotatable bonds is 4. The van der Waals surface area contributed by atoms with Gasteiger partial charge in [-0.15, -0.1) is 0 Å². The number of nitrogens with zero attached hydrogens (tertiary/aromatic N) is 2. The molecule has 150 valence electrons. The Labute approximate surface area is 178 Å². The van der Waals surface area contributed by atoms with Crippen LogP contribution in [0.5, 0.6) is 0 Å². The molecule has 1 N–H and O–H groups in total. The van der Waals surface area contributed by atoms with Crippen LogP contribution < -0.4 is 10.9 Å². The quantitative estimate of drug-likeness (QED) is 0.508. The Hall–Kier alpha value is -3.38. The normalized spacial score (nSPS) is 10.9. The number of aromatic nitrogens is 2. The lowest BCUT2D eigenvalue weighted by Gasteiger charge is -2.09. The Balaban J connectivity index is 1.51. The molecule has 0 aliphatic heterocycles. The second-order valence-electron chi connectivity index (χ2n) is 7.26. The van der Waals surface area contributed by atoms with Crippen LogP contribution in [0.4, 0.5) is 5.69 Å². The van der Waals surface area contributed by atoms with Gasteiger partial charge >= 0.3 is 0 Å². The minimum atomic E-state index is -0.475. The monoisotopic (exact) mass is 415 g/mol. The second kappa shape index (κ2) is 8.16. The van der Waals surface area contributed by atoms with Crippen LogP contribution >= 0.6 is 11.8 Å². The van der Waals surface area contributed by atoms with E-state index in [9.17, 15) is 9.59 Å². The first kappa shape index (κ1) is 19.9. The highest BCUT2D eigenvalue weighted by Gasteiger charge is 2.14. The molecule has 0 spiro atoms. The molecule has 0 bridgehead atoms. The lowest BCUT2D eigenvalue weighted by molar-refractivity contribution is 0.102. The summed E-state index contributed by atoms with van der Waals surface area (Å²) in [6.07, 6.45) is 2.96. The van der Waals surface area contributed by atoms with Gasteiger partial charge < -0.3 is 5.32 Å². The summed E-state index contributed by atoms with van der Waals surface area (Å²) in [6.45, 7) is 6.10. The molecule has 0 radical (unpaired) electrons. The summed E-state index contributed by atoms with van der Waals surface area (Å²) >= 11 is 1.68. The molecule has 0 fully saturated rings. The molecule has 0 aliphatic rings. The van der Waals surface area contributed by atoms with Crippen molar-refractivity contribution in [2.24, 2.45) is 0 Å². The van der Waals surface area contributed by atoms with Crippen LogP contribution in [0.15, 0.2) is 81.6 Å². The summed E-state index contributed by atoms with van der Waals surface area (Å²) in [6, 6.07) is 17.6. The highest BCUT2D eigenvalue weighted by molar-refractivity contribution is 7.99. The Morgan fingerprint density at radius 1 is 0.967 bits per heavy atom. The molecule has 2 heterocycles. The molecule has 2 aromatic carbocycles. The van der Waals surface area contributed by atoms with Gasteiger partial charge in [0.2, 0.25) is 0 Å². The molecule has 4 aromatic rings. The third kappa shape index (κ3) is 4.14. The van der Waals surface area contributed by atoms with E-state index in [0.29, 0.717) is 11.3 Å². The van der Waals surface area contributed by atoms with Gasteiger partial charge in [-0.05, 0) is 74.4 Å². The molecular formula is C24H21N3O2S. The summed E-state index contributed by atoms with van der Waals surface area (Å²) in [4.78, 5) is 31.8. The maximum atomic E-state index is 12.6. The highest BCUT2D eigenvalue weighted by atomic mass is 32.2. The molecule has 0 atom stereocenters. The van der Waals surface area contributed by atoms with Crippen LogP contribution in [0.25, 0.3) is 5.65 Å². The highest BCUT2D eigenvalue weighted by Crippen LogP contribution is 2.31. The predicted octanol–water partition coefficient (Wildman–Crippen LogP) is 5.02. The number of aryl methyl sites for hydroxylation is 3. The number of pyridine rings is 1. The maximum Gasteiger partial charge on any atom is 0.270 e. The Bertz CT molecular complexity index is 1310. The molecule has 0 saturated carbocycles. The fourth-order valence-corrected chi connectivity index (χ4v) is 4.06. The van der Waals surface area contributed by atoms with Crippen LogP contribution in [0.2, 0.25) is 0 Å². The topological polar surface area (TPSA) is 63.5 Å². The van der Waals surface area contributed by atoms with E-state index >= 15 is 0 Å². The minimum absolute atomic E-state index is 0.00471. The molecule has 1 amide bonds. The molecule has 0 saturated heterocycles. The van der Waals surface area contributed by atoms with E-state index in [0.717, 1.165) is 10.5 Å². The average molecular weight is 416 g/mol. The van der Waals surface area contributed by atoms with Gasteiger partial charge in [0.05, 0.1) is 0 Å². The summed E-state index contributed by atoms with van der Waals surface area (Å²) < 4.78 is 1.38. The molecule has 4 rings (SSSR count). The van der Waals surface area contributed by atoms with Crippen molar-refractivity contribution < 1.29 is 4.79 Å². The molecule has 5 nitrogen and oxygen atoms in total. The summed E-state index contributed by atoms with van der Waals surface area (Å²) in [5, 5.41) is 2.78. The van der Waals surface area contributed by atoms with Gasteiger partial charge in [0.15, 0.2) is 0 Å². The first-order chi connectivity index (χ1) is 14.4. The van der Waals surface area contributed by atoms with E-state index in [1.165, 1.54) is 26.6 Å². The molecule has 30 heavy (non-hydrogen) atoms. The van der Waals surface area contributed by atoms with Crippen molar-refractivity contribution in [2.45, 2.75) is 30.6 Å². The number of nitrogens with one attached hydrogen (secondary N) is 1. The smallest absolute Gasteiger partial charge is 0.270 e. The molecule has 6 heteroatoms. The van der Waals surface area contributed by atoms with E-state index in [1.54, 1.807) is 24.0 Å². The van der Waals surface area contributed by atoms with Crippen LogP contribution in [-0.2, 0) is 0 Å². The summed E-state index contributed by atoms with van der Waals surface area (Å²) in [7, 11) is 0. The Morgan fingerprint density at radius 2 is 1.70 bits per heavy atom. The second-order valence-corrected chi connectivity index (χ2v) is 8.37. The van der Waals surface area contributed by atoms with E-state index in [4.69, 9.17) is 0 Å². The SMILES string of the molecule is Cc1ccc(Sc2ccc(NC(=O)c3cnc4cc(C)ccn4c3=O)cc2)c(C)c1. The Kier molecular flexibility index (Phi) is 5.42. The number of fused-ring (bicyclic) bond motifs is 1. The number of benzene rings is 2. The first-order valence-corrected chi connectivity index (χ1v) is 10.4. The number of carbonyl (C=O) groups is 1. The van der Waals surface area contributed by atoms with Crippen LogP contribution in [0.3, 0.4) is 0 Å². The first-order valence-electron chi connectivity index (χ1n) is 9.55. The van der Waals surface area contributed by atoms with Crippen molar-refractivity contribution in [3.05, 3.63) is 99.6 Å². The van der Waals surface area contributed by atoms with Crippen LogP contribution in [0, 0.1) is 20.8 Å². The number of carbonyl (C=O) groups excluding carboxylic acids is 1. The largest absolute Gasteiger partial charge is 0.322 e. The third-order valence-corrected chi connectivity index (χ3v) is 5.97. The van der Waals surface area contributed by atoms with Crippen LogP contribution in [0.1, 0.15) is 27.0 Å².